The van der Waals surface area contributed by atoms with Gasteiger partial charge in [-0.1, -0.05) is 29.8 Å². The number of rotatable bonds is 10. The van der Waals surface area contributed by atoms with Gasteiger partial charge in [-0.3, -0.25) is 4.57 Å². The molecule has 3 heterocycles. The summed E-state index contributed by atoms with van der Waals surface area (Å²) in [6, 6.07) is 19.2. The van der Waals surface area contributed by atoms with E-state index in [2.05, 4.69) is 20.0 Å². The van der Waals surface area contributed by atoms with E-state index in [0.717, 1.165) is 10.1 Å². The van der Waals surface area contributed by atoms with Crippen LogP contribution in [0.3, 0.4) is 0 Å². The molecule has 0 spiro atoms. The third kappa shape index (κ3) is 6.57. The zero-order chi connectivity index (χ0) is 28.1. The predicted octanol–water partition coefficient (Wildman–Crippen LogP) is 2.58. The van der Waals surface area contributed by atoms with Crippen LogP contribution in [0.5, 0.6) is 11.6 Å². The summed E-state index contributed by atoms with van der Waals surface area (Å²) in [6.07, 6.45) is 1.90. The minimum Gasteiger partial charge on any atom is -0.439 e. The maximum absolute atomic E-state index is 13.5. The molecule has 12 nitrogen and oxygen atoms in total. The Hall–Kier alpha value is -4.04. The number of aromatic nitrogens is 4. The van der Waals surface area contributed by atoms with E-state index >= 15 is 0 Å². The number of ether oxygens (including phenoxy) is 1. The van der Waals surface area contributed by atoms with Crippen molar-refractivity contribution in [2.75, 3.05) is 25.0 Å². The highest BCUT2D eigenvalue weighted by Crippen LogP contribution is 2.22. The number of nitrogens with one attached hydrogen (secondary N) is 2. The van der Waals surface area contributed by atoms with Crippen molar-refractivity contribution < 1.29 is 13.2 Å². The van der Waals surface area contributed by atoms with E-state index in [9.17, 15) is 18.0 Å². The van der Waals surface area contributed by atoms with E-state index in [4.69, 9.17) is 16.3 Å². The van der Waals surface area contributed by atoms with Crippen LogP contribution in [0.2, 0.25) is 5.02 Å². The average molecular weight is 584 g/mol. The van der Waals surface area contributed by atoms with E-state index in [1.807, 2.05) is 6.07 Å². The van der Waals surface area contributed by atoms with Gasteiger partial charge in [0, 0.05) is 49.2 Å². The van der Waals surface area contributed by atoms with Gasteiger partial charge >= 0.3 is 11.4 Å². The number of pyridine rings is 1. The summed E-state index contributed by atoms with van der Waals surface area (Å²) in [5.41, 5.74) is 0.0382. The van der Waals surface area contributed by atoms with E-state index in [0.29, 0.717) is 35.4 Å². The van der Waals surface area contributed by atoms with E-state index in [-0.39, 0.29) is 32.0 Å². The number of halogens is 1. The van der Waals surface area contributed by atoms with Crippen LogP contribution in [0.25, 0.3) is 0 Å². The van der Waals surface area contributed by atoms with Crippen molar-refractivity contribution in [1.82, 2.24) is 28.1 Å². The molecule has 1 fully saturated rings. The van der Waals surface area contributed by atoms with Gasteiger partial charge in [-0.15, -0.1) is 0 Å². The van der Waals surface area contributed by atoms with Crippen LogP contribution in [0, 0.1) is 0 Å². The maximum atomic E-state index is 13.5. The summed E-state index contributed by atoms with van der Waals surface area (Å²) in [5.74, 6) is 1.07. The molecule has 0 saturated carbocycles. The van der Waals surface area contributed by atoms with Crippen molar-refractivity contribution in [3.63, 3.8) is 0 Å². The molecule has 1 aliphatic rings. The van der Waals surface area contributed by atoms with Gasteiger partial charge in [0.25, 0.3) is 10.2 Å². The van der Waals surface area contributed by atoms with Crippen LogP contribution >= 0.6 is 11.6 Å². The standard InChI is InChI=1S/C26H26ClN7O5S/c27-20-7-5-19(6-8-20)18-34-24(30-21-9-11-22(12-10-21)39-23-4-1-2-13-28-23)31-25(35)33(26(34)36)16-3-15-32-17-14-29-40(32,37)38/h1-2,4-13,29H,3,14-18H2,(H,30,31,35). The predicted molar refractivity (Wildman–Crippen MR) is 150 cm³/mol. The first-order valence-corrected chi connectivity index (χ1v) is 14.3. The van der Waals surface area contributed by atoms with Gasteiger partial charge in [-0.05, 0) is 54.4 Å². The molecule has 40 heavy (non-hydrogen) atoms. The number of hydrogen-bond acceptors (Lipinski definition) is 8. The van der Waals surface area contributed by atoms with Gasteiger partial charge < -0.3 is 10.1 Å². The minimum absolute atomic E-state index is 0.0111. The van der Waals surface area contributed by atoms with Crippen molar-refractivity contribution in [2.45, 2.75) is 19.5 Å². The first-order valence-electron chi connectivity index (χ1n) is 12.5. The van der Waals surface area contributed by atoms with Crippen LogP contribution in [0.15, 0.2) is 82.5 Å². The van der Waals surface area contributed by atoms with Gasteiger partial charge in [0.1, 0.15) is 5.75 Å². The molecular weight excluding hydrogens is 558 g/mol. The Kier molecular flexibility index (Phi) is 8.26. The van der Waals surface area contributed by atoms with Gasteiger partial charge in [0.15, 0.2) is 0 Å². The van der Waals surface area contributed by atoms with E-state index in [1.165, 1.54) is 8.87 Å². The van der Waals surface area contributed by atoms with Crippen molar-refractivity contribution in [2.24, 2.45) is 0 Å². The fraction of sp³-hybridized carbons (Fsp3) is 0.231. The van der Waals surface area contributed by atoms with Gasteiger partial charge in [0.05, 0.1) is 6.54 Å². The van der Waals surface area contributed by atoms with Gasteiger partial charge in [-0.2, -0.15) is 17.7 Å². The molecule has 2 aromatic carbocycles. The largest absolute Gasteiger partial charge is 0.439 e. The Morgan fingerprint density at radius 2 is 1.75 bits per heavy atom. The highest BCUT2D eigenvalue weighted by atomic mass is 35.5. The second-order valence-electron chi connectivity index (χ2n) is 8.94. The van der Waals surface area contributed by atoms with Crippen molar-refractivity contribution in [3.05, 3.63) is 104 Å². The molecule has 2 N–H and O–H groups in total. The van der Waals surface area contributed by atoms with Crippen LogP contribution in [-0.2, 0) is 23.3 Å². The third-order valence-corrected chi connectivity index (χ3v) is 8.02. The summed E-state index contributed by atoms with van der Waals surface area (Å²) < 4.78 is 35.8. The maximum Gasteiger partial charge on any atom is 0.354 e. The molecule has 208 valence electrons. The normalized spacial score (nSPS) is 14.7. The minimum atomic E-state index is -3.51. The summed E-state index contributed by atoms with van der Waals surface area (Å²) in [4.78, 5) is 34.7. The smallest absolute Gasteiger partial charge is 0.354 e. The van der Waals surface area contributed by atoms with Crippen molar-refractivity contribution in [1.29, 1.82) is 0 Å². The Bertz CT molecular complexity index is 1690. The number of benzene rings is 2. The van der Waals surface area contributed by atoms with Crippen molar-refractivity contribution in [3.8, 4) is 11.6 Å². The average Bonchev–Trinajstić information content (AvgIpc) is 3.28. The summed E-state index contributed by atoms with van der Waals surface area (Å²) >= 11 is 6.02. The molecule has 1 saturated heterocycles. The molecule has 14 heteroatoms. The second kappa shape index (κ2) is 12.0. The Balaban J connectivity index is 1.39. The molecule has 4 aromatic rings. The topological polar surface area (TPSA) is 140 Å². The fourth-order valence-electron chi connectivity index (χ4n) is 4.14. The Morgan fingerprint density at radius 3 is 2.42 bits per heavy atom. The quantitative estimate of drug-likeness (QED) is 0.290. The lowest BCUT2D eigenvalue weighted by Crippen LogP contribution is -2.43. The lowest BCUT2D eigenvalue weighted by Gasteiger charge is -2.17. The number of anilines is 2. The molecule has 1 aliphatic heterocycles. The summed E-state index contributed by atoms with van der Waals surface area (Å²) in [7, 11) is -3.51. The van der Waals surface area contributed by atoms with Crippen LogP contribution in [0.1, 0.15) is 12.0 Å². The number of hydrogen-bond donors (Lipinski definition) is 2. The van der Waals surface area contributed by atoms with E-state index < -0.39 is 21.6 Å². The number of nitrogens with zero attached hydrogens (tertiary/aromatic N) is 5. The molecule has 0 aliphatic carbocycles. The molecule has 2 aromatic heterocycles. The van der Waals surface area contributed by atoms with Crippen LogP contribution < -0.4 is 26.2 Å². The Labute approximate surface area is 235 Å². The monoisotopic (exact) mass is 583 g/mol. The van der Waals surface area contributed by atoms with Crippen molar-refractivity contribution >= 4 is 33.4 Å². The van der Waals surface area contributed by atoms with Crippen LogP contribution in [-0.4, -0.2) is 51.5 Å². The first kappa shape index (κ1) is 27.5. The highest BCUT2D eigenvalue weighted by Gasteiger charge is 2.27. The zero-order valence-corrected chi connectivity index (χ0v) is 22.8. The zero-order valence-electron chi connectivity index (χ0n) is 21.2. The molecule has 5 rings (SSSR count). The van der Waals surface area contributed by atoms with Gasteiger partial charge in [0.2, 0.25) is 11.8 Å². The Morgan fingerprint density at radius 1 is 0.975 bits per heavy atom. The summed E-state index contributed by atoms with van der Waals surface area (Å²) in [6.45, 7) is 0.971. The second-order valence-corrected chi connectivity index (χ2v) is 11.1. The fourth-order valence-corrected chi connectivity index (χ4v) is 5.50. The third-order valence-electron chi connectivity index (χ3n) is 6.15. The van der Waals surface area contributed by atoms with E-state index in [1.54, 1.807) is 66.9 Å². The molecule has 0 amide bonds. The molecule has 0 radical (unpaired) electrons. The highest BCUT2D eigenvalue weighted by molar-refractivity contribution is 7.87. The lowest BCUT2D eigenvalue weighted by atomic mass is 10.2. The SMILES string of the molecule is O=c1nc(Nc2ccc(Oc3ccccn3)cc2)n(Cc2ccc(Cl)cc2)c(=O)n1CCCN1CCNS1(=O)=O. The lowest BCUT2D eigenvalue weighted by molar-refractivity contribution is 0.417. The molecule has 0 atom stereocenters. The summed E-state index contributed by atoms with van der Waals surface area (Å²) in [5, 5.41) is 3.61. The molecular formula is C26H26ClN7O5S. The molecule has 0 unspecified atom stereocenters. The van der Waals surface area contributed by atoms with Crippen LogP contribution in [0.4, 0.5) is 11.6 Å². The van der Waals surface area contributed by atoms with Gasteiger partial charge in [-0.25, -0.2) is 23.9 Å². The first-order chi connectivity index (χ1) is 19.3. The molecule has 0 bridgehead atoms.